The monoisotopic (exact) mass is 599 g/mol. The van der Waals surface area contributed by atoms with E-state index < -0.39 is 28.5 Å². The third-order valence-electron chi connectivity index (χ3n) is 7.11. The van der Waals surface area contributed by atoms with Gasteiger partial charge >= 0.3 is 0 Å². The van der Waals surface area contributed by atoms with E-state index in [1.807, 2.05) is 39.8 Å². The number of aryl methyl sites for hydroxylation is 2. The summed E-state index contributed by atoms with van der Waals surface area (Å²) in [6.45, 7) is 8.85. The summed E-state index contributed by atoms with van der Waals surface area (Å²) in [5.74, 6) is -0.252. The first-order valence-electron chi connectivity index (χ1n) is 13.5. The number of carbonyl (C=O) groups is 2. The number of benzene rings is 3. The molecular formula is C31H38ClN3O5S. The summed E-state index contributed by atoms with van der Waals surface area (Å²) >= 11 is 6.02. The maximum absolute atomic E-state index is 14.1. The summed E-state index contributed by atoms with van der Waals surface area (Å²) in [7, 11) is -2.63. The molecule has 0 bridgehead atoms. The lowest BCUT2D eigenvalue weighted by Crippen LogP contribution is -2.52. The van der Waals surface area contributed by atoms with Crippen molar-refractivity contribution in [1.82, 2.24) is 10.2 Å². The highest BCUT2D eigenvalue weighted by atomic mass is 35.5. The molecule has 0 aliphatic rings. The summed E-state index contributed by atoms with van der Waals surface area (Å²) < 4.78 is 34.3. The van der Waals surface area contributed by atoms with Gasteiger partial charge in [-0.15, -0.1) is 0 Å². The first-order valence-corrected chi connectivity index (χ1v) is 15.3. The lowest BCUT2D eigenvalue weighted by molar-refractivity contribution is -0.139. The third kappa shape index (κ3) is 8.01. The number of methoxy groups -OCH3 is 1. The molecule has 220 valence electrons. The molecule has 0 unspecified atom stereocenters. The molecule has 3 rings (SSSR count). The molecule has 0 heterocycles. The Hall–Kier alpha value is -3.56. The van der Waals surface area contributed by atoms with Crippen LogP contribution < -0.4 is 14.4 Å². The van der Waals surface area contributed by atoms with E-state index in [4.69, 9.17) is 16.3 Å². The smallest absolute Gasteiger partial charge is 0.264 e. The van der Waals surface area contributed by atoms with Crippen molar-refractivity contribution in [2.45, 2.75) is 64.6 Å². The minimum Gasteiger partial charge on any atom is -0.497 e. The highest BCUT2D eigenvalue weighted by Crippen LogP contribution is 2.27. The molecule has 0 aliphatic heterocycles. The van der Waals surface area contributed by atoms with Crippen molar-refractivity contribution in [3.05, 3.63) is 88.4 Å². The molecule has 0 saturated heterocycles. The molecule has 0 aromatic heterocycles. The Bertz CT molecular complexity index is 1480. The van der Waals surface area contributed by atoms with Gasteiger partial charge in [-0.2, -0.15) is 0 Å². The van der Waals surface area contributed by atoms with Gasteiger partial charge in [0.05, 0.1) is 17.7 Å². The molecule has 3 aromatic carbocycles. The second kappa shape index (κ2) is 13.9. The molecule has 0 saturated carbocycles. The summed E-state index contributed by atoms with van der Waals surface area (Å²) in [6, 6.07) is 17.3. The van der Waals surface area contributed by atoms with Crippen LogP contribution in [0.25, 0.3) is 0 Å². The fourth-order valence-electron chi connectivity index (χ4n) is 4.16. The maximum Gasteiger partial charge on any atom is 0.264 e. The summed E-state index contributed by atoms with van der Waals surface area (Å²) in [5.41, 5.74) is 2.94. The van der Waals surface area contributed by atoms with E-state index in [0.29, 0.717) is 16.5 Å². The Morgan fingerprint density at radius 2 is 1.66 bits per heavy atom. The van der Waals surface area contributed by atoms with Crippen LogP contribution >= 0.6 is 11.6 Å². The maximum atomic E-state index is 14.1. The molecule has 10 heteroatoms. The van der Waals surface area contributed by atoms with Crippen molar-refractivity contribution in [3.8, 4) is 5.75 Å². The number of hydrogen-bond donors (Lipinski definition) is 1. The van der Waals surface area contributed by atoms with Gasteiger partial charge in [0.2, 0.25) is 11.8 Å². The molecule has 41 heavy (non-hydrogen) atoms. The Morgan fingerprint density at radius 3 is 2.27 bits per heavy atom. The molecule has 3 aromatic rings. The molecule has 2 atom stereocenters. The average molecular weight is 600 g/mol. The first-order chi connectivity index (χ1) is 19.4. The van der Waals surface area contributed by atoms with Gasteiger partial charge in [0.1, 0.15) is 18.3 Å². The van der Waals surface area contributed by atoms with E-state index in [0.717, 1.165) is 27.4 Å². The molecule has 0 fully saturated rings. The average Bonchev–Trinajstić information content (AvgIpc) is 2.95. The van der Waals surface area contributed by atoms with Gasteiger partial charge in [-0.25, -0.2) is 8.42 Å². The molecular weight excluding hydrogens is 562 g/mol. The summed E-state index contributed by atoms with van der Waals surface area (Å²) in [5, 5.41) is 3.32. The van der Waals surface area contributed by atoms with E-state index >= 15 is 0 Å². The van der Waals surface area contributed by atoms with Crippen LogP contribution in [0.4, 0.5) is 5.69 Å². The Kier molecular flexibility index (Phi) is 10.8. The molecule has 8 nitrogen and oxygen atoms in total. The molecule has 0 spiro atoms. The van der Waals surface area contributed by atoms with Gasteiger partial charge in [-0.3, -0.25) is 13.9 Å². The van der Waals surface area contributed by atoms with Gasteiger partial charge in [0.25, 0.3) is 10.0 Å². The highest BCUT2D eigenvalue weighted by molar-refractivity contribution is 7.92. The van der Waals surface area contributed by atoms with Crippen molar-refractivity contribution in [3.63, 3.8) is 0 Å². The van der Waals surface area contributed by atoms with Gasteiger partial charge in [-0.1, -0.05) is 36.7 Å². The largest absolute Gasteiger partial charge is 0.497 e. The van der Waals surface area contributed by atoms with Crippen LogP contribution in [0.2, 0.25) is 5.02 Å². The van der Waals surface area contributed by atoms with Crippen LogP contribution in [0.15, 0.2) is 71.6 Å². The Labute approximate surface area is 248 Å². The molecule has 2 amide bonds. The van der Waals surface area contributed by atoms with Crippen molar-refractivity contribution in [2.24, 2.45) is 0 Å². The van der Waals surface area contributed by atoms with Gasteiger partial charge in [0.15, 0.2) is 0 Å². The van der Waals surface area contributed by atoms with E-state index in [1.165, 1.54) is 29.2 Å². The number of hydrogen-bond acceptors (Lipinski definition) is 5. The Morgan fingerprint density at radius 1 is 0.976 bits per heavy atom. The minimum atomic E-state index is -4.17. The fourth-order valence-corrected chi connectivity index (χ4v) is 5.69. The number of rotatable bonds is 12. The van der Waals surface area contributed by atoms with Crippen LogP contribution in [-0.2, 0) is 26.2 Å². The summed E-state index contributed by atoms with van der Waals surface area (Å²) in [4.78, 5) is 28.6. The van der Waals surface area contributed by atoms with Crippen molar-refractivity contribution >= 4 is 39.1 Å². The van der Waals surface area contributed by atoms with Gasteiger partial charge < -0.3 is 15.0 Å². The van der Waals surface area contributed by atoms with Crippen LogP contribution in [0.3, 0.4) is 0 Å². The number of nitrogens with zero attached hydrogens (tertiary/aromatic N) is 2. The fraction of sp³-hybridized carbons (Fsp3) is 0.355. The van der Waals surface area contributed by atoms with Gasteiger partial charge in [-0.05, 0) is 99.3 Å². The van der Waals surface area contributed by atoms with Gasteiger partial charge in [0, 0.05) is 17.6 Å². The molecule has 0 aliphatic carbocycles. The van der Waals surface area contributed by atoms with Crippen molar-refractivity contribution in [2.75, 3.05) is 18.0 Å². The highest BCUT2D eigenvalue weighted by Gasteiger charge is 2.33. The predicted molar refractivity (Wildman–Crippen MR) is 163 cm³/mol. The number of nitrogens with one attached hydrogen (secondary N) is 1. The zero-order valence-electron chi connectivity index (χ0n) is 24.3. The third-order valence-corrected chi connectivity index (χ3v) is 9.15. The lowest BCUT2D eigenvalue weighted by atomic mass is 10.1. The normalized spacial score (nSPS) is 12.8. The van der Waals surface area contributed by atoms with Crippen LogP contribution in [0, 0.1) is 13.8 Å². The number of sulfonamides is 1. The quantitative estimate of drug-likeness (QED) is 0.297. The van der Waals surface area contributed by atoms with Crippen molar-refractivity contribution < 1.29 is 22.7 Å². The zero-order chi connectivity index (χ0) is 30.3. The predicted octanol–water partition coefficient (Wildman–Crippen LogP) is 5.49. The van der Waals surface area contributed by atoms with Crippen LogP contribution in [0.5, 0.6) is 5.75 Å². The van der Waals surface area contributed by atoms with E-state index in [9.17, 15) is 18.0 Å². The summed E-state index contributed by atoms with van der Waals surface area (Å²) in [6.07, 6.45) is 0.724. The van der Waals surface area contributed by atoms with Crippen molar-refractivity contribution in [1.29, 1.82) is 0 Å². The molecule has 1 N–H and O–H groups in total. The SMILES string of the molecule is CC[C@@H](C)NC(=O)[C@H](C)N(Cc1cccc(OC)c1)C(=O)CN(c1ccc(C)c(C)c1)S(=O)(=O)c1ccc(Cl)cc1. The number of carbonyl (C=O) groups excluding carboxylic acids is 2. The zero-order valence-corrected chi connectivity index (χ0v) is 25.9. The van der Waals surface area contributed by atoms with Crippen LogP contribution in [0.1, 0.15) is 43.9 Å². The van der Waals surface area contributed by atoms with Crippen LogP contribution in [-0.4, -0.2) is 50.9 Å². The lowest BCUT2D eigenvalue weighted by Gasteiger charge is -2.32. The number of halogens is 1. The topological polar surface area (TPSA) is 96.0 Å². The van der Waals surface area contributed by atoms with E-state index in [2.05, 4.69) is 5.32 Å². The van der Waals surface area contributed by atoms with E-state index in [-0.39, 0.29) is 23.4 Å². The number of amides is 2. The second-order valence-electron chi connectivity index (χ2n) is 10.1. The second-order valence-corrected chi connectivity index (χ2v) is 12.4. The number of ether oxygens (including phenoxy) is 1. The standard InChI is InChI=1S/C31H38ClN3O5S/c1-7-23(4)33-31(37)24(5)34(19-25-9-8-10-28(18-25)40-6)30(36)20-35(27-14-11-21(2)22(3)17-27)41(38,39)29-15-12-26(32)13-16-29/h8-18,23-24H,7,19-20H2,1-6H3,(H,33,37)/t23-,24+/m1/s1. The molecule has 0 radical (unpaired) electrons. The first kappa shape index (κ1) is 32.0. The Balaban J connectivity index is 2.06. The minimum absolute atomic E-state index is 0.00478. The number of anilines is 1. The van der Waals surface area contributed by atoms with E-state index in [1.54, 1.807) is 44.4 Å².